The van der Waals surface area contributed by atoms with Gasteiger partial charge in [-0.2, -0.15) is 8.78 Å². The maximum absolute atomic E-state index is 15.0. The number of halogens is 4. The molecule has 5 rings (SSSR count). The van der Waals surface area contributed by atoms with Crippen molar-refractivity contribution in [2.45, 2.75) is 71.1 Å². The van der Waals surface area contributed by atoms with Gasteiger partial charge in [-0.05, 0) is 124 Å². The molecule has 2 fully saturated rings. The van der Waals surface area contributed by atoms with Crippen LogP contribution in [0.15, 0.2) is 60.7 Å². The first-order valence-corrected chi connectivity index (χ1v) is 15.3. The molecule has 0 aromatic heterocycles. The summed E-state index contributed by atoms with van der Waals surface area (Å²) in [6.07, 6.45) is 13.2. The molecule has 0 amide bonds. The Morgan fingerprint density at radius 2 is 1.33 bits per heavy atom. The van der Waals surface area contributed by atoms with Crippen LogP contribution in [0.1, 0.15) is 75.8 Å². The van der Waals surface area contributed by atoms with Crippen molar-refractivity contribution >= 4 is 0 Å². The number of hydrogen-bond acceptors (Lipinski definition) is 2. The summed E-state index contributed by atoms with van der Waals surface area (Å²) in [5.41, 5.74) is 2.10. The van der Waals surface area contributed by atoms with Crippen LogP contribution in [0.2, 0.25) is 0 Å². The highest BCUT2D eigenvalue weighted by Crippen LogP contribution is 2.48. The minimum Gasteiger partial charge on any atom is -0.491 e. The normalized spacial score (nSPS) is 22.2. The van der Waals surface area contributed by atoms with Crippen LogP contribution in [-0.2, 0) is 6.42 Å². The van der Waals surface area contributed by atoms with Gasteiger partial charge < -0.3 is 9.47 Å². The average Bonchev–Trinajstić information content (AvgIpc) is 3.01. The zero-order valence-corrected chi connectivity index (χ0v) is 24.5. The van der Waals surface area contributed by atoms with Crippen LogP contribution in [-0.4, -0.2) is 13.2 Å². The fourth-order valence-electron chi connectivity index (χ4n) is 6.88. The largest absolute Gasteiger partial charge is 0.491 e. The molecule has 2 aliphatic rings. The van der Waals surface area contributed by atoms with Crippen molar-refractivity contribution in [2.24, 2.45) is 17.8 Å². The first-order chi connectivity index (χ1) is 20.4. The predicted molar refractivity (Wildman–Crippen MR) is 159 cm³/mol. The van der Waals surface area contributed by atoms with Gasteiger partial charge in [-0.3, -0.25) is 0 Å². The molecule has 0 bridgehead atoms. The van der Waals surface area contributed by atoms with E-state index in [1.807, 2.05) is 0 Å². The first-order valence-electron chi connectivity index (χ1n) is 15.3. The number of ether oxygens (including phenoxy) is 2. The highest BCUT2D eigenvalue weighted by Gasteiger charge is 2.36. The maximum Gasteiger partial charge on any atom is 0.201 e. The molecule has 0 spiro atoms. The van der Waals surface area contributed by atoms with Crippen molar-refractivity contribution in [2.75, 3.05) is 13.2 Å². The molecule has 2 aliphatic carbocycles. The van der Waals surface area contributed by atoms with E-state index in [0.717, 1.165) is 32.1 Å². The third-order valence-corrected chi connectivity index (χ3v) is 9.17. The molecule has 3 aromatic carbocycles. The molecule has 224 valence electrons. The van der Waals surface area contributed by atoms with E-state index in [2.05, 4.69) is 43.3 Å². The van der Waals surface area contributed by atoms with E-state index >= 15 is 0 Å². The Morgan fingerprint density at radius 1 is 0.714 bits per heavy atom. The fraction of sp³-hybridized carbons (Fsp3) is 0.444. The molecule has 6 heteroatoms. The number of benzene rings is 3. The van der Waals surface area contributed by atoms with Crippen molar-refractivity contribution in [1.29, 1.82) is 0 Å². The van der Waals surface area contributed by atoms with Gasteiger partial charge in [0.1, 0.15) is 0 Å². The Kier molecular flexibility index (Phi) is 9.91. The van der Waals surface area contributed by atoms with E-state index in [1.165, 1.54) is 54.7 Å². The Balaban J connectivity index is 1.16. The number of fused-ring (bicyclic) bond motifs is 1. The summed E-state index contributed by atoms with van der Waals surface area (Å²) in [4.78, 5) is 0. The van der Waals surface area contributed by atoms with Crippen molar-refractivity contribution in [3.8, 4) is 22.6 Å². The summed E-state index contributed by atoms with van der Waals surface area (Å²) in [5.74, 6) is -3.24. The van der Waals surface area contributed by atoms with Crippen LogP contribution in [0.25, 0.3) is 11.1 Å². The van der Waals surface area contributed by atoms with Gasteiger partial charge in [-0.25, -0.2) is 8.78 Å². The van der Waals surface area contributed by atoms with Gasteiger partial charge in [-0.15, -0.1) is 0 Å². The monoisotopic (exact) mass is 580 g/mol. The van der Waals surface area contributed by atoms with Crippen LogP contribution in [0.4, 0.5) is 17.6 Å². The Labute approximate surface area is 246 Å². The summed E-state index contributed by atoms with van der Waals surface area (Å²) in [7, 11) is 0. The molecule has 0 saturated heterocycles. The summed E-state index contributed by atoms with van der Waals surface area (Å²) < 4.78 is 69.7. The molecule has 3 aromatic rings. The van der Waals surface area contributed by atoms with Crippen LogP contribution in [0.5, 0.6) is 11.5 Å². The predicted octanol–water partition coefficient (Wildman–Crippen LogP) is 10.2. The lowest BCUT2D eigenvalue weighted by molar-refractivity contribution is 0.0902. The second-order valence-corrected chi connectivity index (χ2v) is 11.8. The summed E-state index contributed by atoms with van der Waals surface area (Å²) in [6, 6.07) is 14.1. The summed E-state index contributed by atoms with van der Waals surface area (Å²) in [6.45, 7) is 4.16. The van der Waals surface area contributed by atoms with Crippen molar-refractivity contribution in [3.63, 3.8) is 0 Å². The number of aryl methyl sites for hydroxylation is 1. The molecule has 4 unspecified atom stereocenters. The zero-order chi connectivity index (χ0) is 29.6. The molecule has 0 heterocycles. The second-order valence-electron chi connectivity index (χ2n) is 11.8. The lowest BCUT2D eigenvalue weighted by atomic mass is 9.64. The number of hydrogen-bond donors (Lipinski definition) is 0. The van der Waals surface area contributed by atoms with Crippen LogP contribution in [0, 0.1) is 41.0 Å². The molecule has 0 radical (unpaired) electrons. The Bertz CT molecular complexity index is 1380. The van der Waals surface area contributed by atoms with Crippen molar-refractivity contribution < 1.29 is 27.0 Å². The topological polar surface area (TPSA) is 18.5 Å². The van der Waals surface area contributed by atoms with Crippen LogP contribution in [0.3, 0.4) is 0 Å². The van der Waals surface area contributed by atoms with Gasteiger partial charge in [0.25, 0.3) is 0 Å². The molecule has 4 atom stereocenters. The van der Waals surface area contributed by atoms with Gasteiger partial charge in [-0.1, -0.05) is 36.4 Å². The van der Waals surface area contributed by atoms with E-state index in [0.29, 0.717) is 24.4 Å². The molecular weight excluding hydrogens is 540 g/mol. The van der Waals surface area contributed by atoms with E-state index in [9.17, 15) is 17.6 Å². The molecule has 0 aliphatic heterocycles. The first kappa shape index (κ1) is 30.2. The zero-order valence-electron chi connectivity index (χ0n) is 24.5. The summed E-state index contributed by atoms with van der Waals surface area (Å²) in [5, 5.41) is 0. The van der Waals surface area contributed by atoms with Gasteiger partial charge in [0, 0.05) is 11.1 Å². The number of rotatable bonds is 10. The Morgan fingerprint density at radius 3 is 1.98 bits per heavy atom. The lowest BCUT2D eigenvalue weighted by Gasteiger charge is -2.42. The molecule has 2 nitrogen and oxygen atoms in total. The van der Waals surface area contributed by atoms with Crippen LogP contribution < -0.4 is 9.47 Å². The molecular formula is C36H40F4O2. The average molecular weight is 581 g/mol. The lowest BCUT2D eigenvalue weighted by Crippen LogP contribution is -2.32. The van der Waals surface area contributed by atoms with Gasteiger partial charge in [0.15, 0.2) is 23.1 Å². The molecule has 42 heavy (non-hydrogen) atoms. The quantitative estimate of drug-likeness (QED) is 0.175. The molecule has 0 N–H and O–H groups in total. The van der Waals surface area contributed by atoms with Gasteiger partial charge in [0.05, 0.1) is 13.2 Å². The van der Waals surface area contributed by atoms with Gasteiger partial charge in [0.2, 0.25) is 11.6 Å². The maximum atomic E-state index is 15.0. The minimum absolute atomic E-state index is 0.153. The van der Waals surface area contributed by atoms with E-state index in [4.69, 9.17) is 9.47 Å². The van der Waals surface area contributed by atoms with Crippen molar-refractivity contribution in [1.82, 2.24) is 0 Å². The highest BCUT2D eigenvalue weighted by atomic mass is 19.2. The fourth-order valence-corrected chi connectivity index (χ4v) is 6.88. The third kappa shape index (κ3) is 6.68. The minimum atomic E-state index is -1.28. The standard InChI is InChI=1S/C36H40F4O2/c1-3-5-6-7-23-8-11-25(12-9-23)27-15-14-26-20-24(10-13-28(26)21-27)22-42-32-19-17-30(34(38)36(32)40)29-16-18-31(41-4-2)35(39)33(29)37/h3,5,8-9,11-12,16-19,24,26-28H,4,6-7,10,13-15,20-22H2,1-2H3. The third-order valence-electron chi connectivity index (χ3n) is 9.17. The van der Waals surface area contributed by atoms with E-state index in [1.54, 1.807) is 6.92 Å². The SMILES string of the molecule is CC=CCCc1ccc(C2CCC3CC(COc4ccc(-c5ccc(OCC)c(F)c5F)c(F)c4F)CCC3C2)cc1. The smallest absolute Gasteiger partial charge is 0.201 e. The van der Waals surface area contributed by atoms with E-state index < -0.39 is 23.3 Å². The van der Waals surface area contributed by atoms with Gasteiger partial charge >= 0.3 is 0 Å². The van der Waals surface area contributed by atoms with Crippen molar-refractivity contribution in [3.05, 3.63) is 95.1 Å². The van der Waals surface area contributed by atoms with E-state index in [-0.39, 0.29) is 35.2 Å². The highest BCUT2D eigenvalue weighted by molar-refractivity contribution is 5.67. The second kappa shape index (κ2) is 13.8. The Hall–Kier alpha value is -3.28. The number of allylic oxidation sites excluding steroid dienone is 2. The molecule has 2 saturated carbocycles. The summed E-state index contributed by atoms with van der Waals surface area (Å²) >= 11 is 0. The van der Waals surface area contributed by atoms with Crippen LogP contribution >= 0.6 is 0 Å².